The molecule has 0 aliphatic heterocycles. The van der Waals surface area contributed by atoms with E-state index in [0.717, 1.165) is 5.56 Å². The number of methoxy groups -OCH3 is 1. The van der Waals surface area contributed by atoms with Crippen molar-refractivity contribution in [3.05, 3.63) is 71.8 Å². The number of hydrogen-bond donors (Lipinski definition) is 1. The smallest absolute Gasteiger partial charge is 0.249 e. The number of carbonyl (C=O) groups is 2. The summed E-state index contributed by atoms with van der Waals surface area (Å²) in [6.07, 6.45) is 4.81. The van der Waals surface area contributed by atoms with Crippen molar-refractivity contribution in [1.82, 2.24) is 9.78 Å². The highest BCUT2D eigenvalue weighted by molar-refractivity contribution is 6.01. The summed E-state index contributed by atoms with van der Waals surface area (Å²) in [5.74, 6) is 1.60. The van der Waals surface area contributed by atoms with Gasteiger partial charge in [0.15, 0.2) is 17.4 Å². The van der Waals surface area contributed by atoms with E-state index in [0.29, 0.717) is 29.6 Å². The van der Waals surface area contributed by atoms with Crippen molar-refractivity contribution in [2.24, 2.45) is 0 Å². The molecule has 0 saturated heterocycles. The van der Waals surface area contributed by atoms with Gasteiger partial charge in [0, 0.05) is 30.8 Å². The lowest BCUT2D eigenvalue weighted by molar-refractivity contribution is -0.111. The van der Waals surface area contributed by atoms with Gasteiger partial charge in [-0.2, -0.15) is 5.10 Å². The van der Waals surface area contributed by atoms with E-state index in [1.807, 2.05) is 24.3 Å². The maximum Gasteiger partial charge on any atom is 0.249 e. The fourth-order valence-electron chi connectivity index (χ4n) is 2.47. The predicted octanol–water partition coefficient (Wildman–Crippen LogP) is 3.39. The number of carbonyl (C=O) groups excluding carboxylic acids is 2. The number of nitrogens with one attached hydrogen (secondary N) is 1. The number of Topliss-reactive ketones (excluding diaryl/α,β-unsaturated/α-hetero) is 1. The van der Waals surface area contributed by atoms with Crippen molar-refractivity contribution in [3.63, 3.8) is 0 Å². The molecule has 7 heteroatoms. The van der Waals surface area contributed by atoms with Crippen LogP contribution in [0.15, 0.2) is 59.2 Å². The minimum absolute atomic E-state index is 0.128. The first-order chi connectivity index (χ1) is 13.0. The number of aromatic nitrogens is 2. The Hall–Kier alpha value is -3.61. The molecule has 138 valence electrons. The summed E-state index contributed by atoms with van der Waals surface area (Å²) in [6, 6.07) is 12.5. The molecule has 0 unspecified atom stereocenters. The molecule has 0 aliphatic carbocycles. The standard InChI is InChI=1S/C20H19N3O4/c1-14(24)17-9-8-16(27-17)13-23-12-11-19(22-23)21-20(25)10-7-15-5-3-4-6-18(15)26-2/h3-12H,13H2,1-2H3,(H,21,22,25)/b10-7+. The summed E-state index contributed by atoms with van der Waals surface area (Å²) in [4.78, 5) is 23.4. The molecule has 0 spiro atoms. The fraction of sp³-hybridized carbons (Fsp3) is 0.150. The van der Waals surface area contributed by atoms with Gasteiger partial charge in [0.05, 0.1) is 13.7 Å². The molecular formula is C20H19N3O4. The average Bonchev–Trinajstić information content (AvgIpc) is 3.30. The number of hydrogen-bond acceptors (Lipinski definition) is 5. The lowest BCUT2D eigenvalue weighted by Crippen LogP contribution is -2.09. The van der Waals surface area contributed by atoms with Crippen LogP contribution in [0, 0.1) is 0 Å². The van der Waals surface area contributed by atoms with Crippen LogP contribution in [0.5, 0.6) is 5.75 Å². The first-order valence-electron chi connectivity index (χ1n) is 8.30. The molecule has 1 aromatic carbocycles. The number of nitrogens with zero attached hydrogens (tertiary/aromatic N) is 2. The van der Waals surface area contributed by atoms with Crippen LogP contribution in [-0.4, -0.2) is 28.6 Å². The van der Waals surface area contributed by atoms with E-state index in [1.165, 1.54) is 13.0 Å². The third-order valence-corrected chi connectivity index (χ3v) is 3.77. The first-order valence-corrected chi connectivity index (χ1v) is 8.30. The van der Waals surface area contributed by atoms with E-state index < -0.39 is 0 Å². The number of anilines is 1. The van der Waals surface area contributed by atoms with Gasteiger partial charge in [0.1, 0.15) is 11.5 Å². The zero-order valence-electron chi connectivity index (χ0n) is 15.0. The zero-order chi connectivity index (χ0) is 19.2. The van der Waals surface area contributed by atoms with Crippen LogP contribution in [-0.2, 0) is 11.3 Å². The normalized spacial score (nSPS) is 10.9. The zero-order valence-corrected chi connectivity index (χ0v) is 15.0. The second-order valence-electron chi connectivity index (χ2n) is 5.79. The molecule has 27 heavy (non-hydrogen) atoms. The van der Waals surface area contributed by atoms with Crippen LogP contribution in [0.25, 0.3) is 6.08 Å². The summed E-state index contributed by atoms with van der Waals surface area (Å²) in [5, 5.41) is 6.97. The summed E-state index contributed by atoms with van der Waals surface area (Å²) < 4.78 is 12.3. The van der Waals surface area contributed by atoms with Crippen molar-refractivity contribution < 1.29 is 18.7 Å². The van der Waals surface area contributed by atoms with Crippen LogP contribution in [0.3, 0.4) is 0 Å². The highest BCUT2D eigenvalue weighted by atomic mass is 16.5. The number of ketones is 1. The highest BCUT2D eigenvalue weighted by Crippen LogP contribution is 2.18. The minimum atomic E-state index is -0.303. The third-order valence-electron chi connectivity index (χ3n) is 3.77. The highest BCUT2D eigenvalue weighted by Gasteiger charge is 2.08. The fourth-order valence-corrected chi connectivity index (χ4v) is 2.47. The number of amides is 1. The van der Waals surface area contributed by atoms with Crippen LogP contribution >= 0.6 is 0 Å². The number of para-hydroxylation sites is 1. The van der Waals surface area contributed by atoms with Crippen LogP contribution in [0.2, 0.25) is 0 Å². The molecule has 7 nitrogen and oxygen atoms in total. The van der Waals surface area contributed by atoms with E-state index in [2.05, 4.69) is 10.4 Å². The Morgan fingerprint density at radius 3 is 2.78 bits per heavy atom. The number of rotatable bonds is 7. The van der Waals surface area contributed by atoms with Crippen LogP contribution in [0.1, 0.15) is 28.8 Å². The van der Waals surface area contributed by atoms with Crippen molar-refractivity contribution in [1.29, 1.82) is 0 Å². The van der Waals surface area contributed by atoms with Crippen molar-refractivity contribution in [2.45, 2.75) is 13.5 Å². The van der Waals surface area contributed by atoms with Gasteiger partial charge in [-0.1, -0.05) is 18.2 Å². The van der Waals surface area contributed by atoms with Crippen molar-refractivity contribution >= 4 is 23.6 Å². The molecule has 3 rings (SSSR count). The van der Waals surface area contributed by atoms with E-state index >= 15 is 0 Å². The van der Waals surface area contributed by atoms with Gasteiger partial charge >= 0.3 is 0 Å². The van der Waals surface area contributed by atoms with Gasteiger partial charge in [0.25, 0.3) is 0 Å². The van der Waals surface area contributed by atoms with E-state index in [1.54, 1.807) is 42.3 Å². The third kappa shape index (κ3) is 4.72. The molecule has 0 radical (unpaired) electrons. The molecule has 2 aromatic heterocycles. The van der Waals surface area contributed by atoms with Crippen LogP contribution in [0.4, 0.5) is 5.82 Å². The lowest BCUT2D eigenvalue weighted by Gasteiger charge is -2.03. The molecule has 1 amide bonds. The van der Waals surface area contributed by atoms with Gasteiger partial charge in [-0.3, -0.25) is 14.3 Å². The molecule has 0 saturated carbocycles. The topological polar surface area (TPSA) is 86.4 Å². The molecule has 0 aliphatic rings. The summed E-state index contributed by atoms with van der Waals surface area (Å²) in [6.45, 7) is 1.81. The lowest BCUT2D eigenvalue weighted by atomic mass is 10.2. The second kappa shape index (κ2) is 8.18. The molecule has 0 fully saturated rings. The maximum atomic E-state index is 12.1. The van der Waals surface area contributed by atoms with Gasteiger partial charge in [-0.05, 0) is 24.3 Å². The molecule has 1 N–H and O–H groups in total. The Kier molecular flexibility index (Phi) is 5.51. The Balaban J connectivity index is 1.60. The number of furan rings is 1. The maximum absolute atomic E-state index is 12.1. The monoisotopic (exact) mass is 365 g/mol. The van der Waals surface area contributed by atoms with Gasteiger partial charge in [0.2, 0.25) is 5.91 Å². The van der Waals surface area contributed by atoms with Crippen LogP contribution < -0.4 is 10.1 Å². The number of ether oxygens (including phenoxy) is 1. The number of benzene rings is 1. The van der Waals surface area contributed by atoms with Gasteiger partial charge in [-0.15, -0.1) is 0 Å². The average molecular weight is 365 g/mol. The first kappa shape index (κ1) is 18.2. The van der Waals surface area contributed by atoms with Gasteiger partial charge in [-0.25, -0.2) is 0 Å². The van der Waals surface area contributed by atoms with E-state index in [9.17, 15) is 9.59 Å². The second-order valence-corrected chi connectivity index (χ2v) is 5.79. The van der Waals surface area contributed by atoms with Gasteiger partial charge < -0.3 is 14.5 Å². The molecule has 0 bridgehead atoms. The SMILES string of the molecule is COc1ccccc1/C=C/C(=O)Nc1ccn(Cc2ccc(C(C)=O)o2)n1. The van der Waals surface area contributed by atoms with E-state index in [4.69, 9.17) is 9.15 Å². The molecule has 3 aromatic rings. The Bertz CT molecular complexity index is 985. The Morgan fingerprint density at radius 1 is 1.22 bits per heavy atom. The Labute approximate surface area is 156 Å². The van der Waals surface area contributed by atoms with Crippen molar-refractivity contribution in [3.8, 4) is 5.75 Å². The summed E-state index contributed by atoms with van der Waals surface area (Å²) in [5.41, 5.74) is 0.805. The quantitative estimate of drug-likeness (QED) is 0.512. The summed E-state index contributed by atoms with van der Waals surface area (Å²) in [7, 11) is 1.58. The summed E-state index contributed by atoms with van der Waals surface area (Å²) >= 11 is 0. The molecular weight excluding hydrogens is 346 g/mol. The molecule has 2 heterocycles. The molecule has 0 atom stereocenters. The predicted molar refractivity (Wildman–Crippen MR) is 101 cm³/mol. The van der Waals surface area contributed by atoms with E-state index in [-0.39, 0.29) is 11.7 Å². The minimum Gasteiger partial charge on any atom is -0.496 e. The Morgan fingerprint density at radius 2 is 2.04 bits per heavy atom. The largest absolute Gasteiger partial charge is 0.496 e. The van der Waals surface area contributed by atoms with Crippen molar-refractivity contribution in [2.75, 3.05) is 12.4 Å².